The van der Waals surface area contributed by atoms with E-state index < -0.39 is 0 Å². The molecular formula is C23H28ClNO4. The van der Waals surface area contributed by atoms with Crippen molar-refractivity contribution in [3.05, 3.63) is 53.1 Å². The number of rotatable bonds is 12. The largest absolute Gasteiger partial charge is 0.496 e. The van der Waals surface area contributed by atoms with E-state index in [-0.39, 0.29) is 24.5 Å². The average Bonchev–Trinajstić information content (AvgIpc) is 2.73. The Labute approximate surface area is 177 Å². The van der Waals surface area contributed by atoms with E-state index in [0.29, 0.717) is 28.6 Å². The van der Waals surface area contributed by atoms with Crippen molar-refractivity contribution in [1.82, 2.24) is 0 Å². The van der Waals surface area contributed by atoms with Gasteiger partial charge in [0.1, 0.15) is 11.5 Å². The van der Waals surface area contributed by atoms with Crippen LogP contribution >= 0.6 is 11.6 Å². The highest BCUT2D eigenvalue weighted by Gasteiger charge is 2.15. The van der Waals surface area contributed by atoms with Crippen molar-refractivity contribution >= 4 is 29.0 Å². The van der Waals surface area contributed by atoms with Gasteiger partial charge in [0.2, 0.25) is 5.91 Å². The molecule has 1 amide bonds. The zero-order chi connectivity index (χ0) is 21.1. The molecule has 0 aliphatic heterocycles. The van der Waals surface area contributed by atoms with E-state index in [1.807, 2.05) is 12.1 Å². The van der Waals surface area contributed by atoms with Crippen LogP contribution in [0.2, 0.25) is 5.02 Å². The summed E-state index contributed by atoms with van der Waals surface area (Å²) in [7, 11) is 1.49. The van der Waals surface area contributed by atoms with Gasteiger partial charge in [0.25, 0.3) is 0 Å². The number of unbranched alkanes of at least 4 members (excludes halogenated alkanes) is 3. The Hall–Kier alpha value is -2.53. The van der Waals surface area contributed by atoms with E-state index in [1.54, 1.807) is 30.3 Å². The quantitative estimate of drug-likeness (QED) is 0.344. The number of ether oxygens (including phenoxy) is 2. The molecule has 1 N–H and O–H groups in total. The fraction of sp³-hybridized carbons (Fsp3) is 0.391. The van der Waals surface area contributed by atoms with Gasteiger partial charge in [-0.25, -0.2) is 0 Å². The molecule has 0 fully saturated rings. The van der Waals surface area contributed by atoms with Crippen LogP contribution in [0, 0.1) is 0 Å². The molecule has 29 heavy (non-hydrogen) atoms. The van der Waals surface area contributed by atoms with Gasteiger partial charge < -0.3 is 14.8 Å². The standard InChI is InChI=1S/C23H28ClNO4/c1-3-4-5-6-15-29-19-10-8-18(9-11-19)25-23(27)14-12-21(26)20-16-17(24)7-13-22(20)28-2/h7-11,13,16H,3-6,12,14-15H2,1-2H3,(H,25,27). The summed E-state index contributed by atoms with van der Waals surface area (Å²) in [6.07, 6.45) is 4.78. The first-order valence-electron chi connectivity index (χ1n) is 9.93. The number of methoxy groups -OCH3 is 1. The third-order valence-corrected chi connectivity index (χ3v) is 4.68. The average molecular weight is 418 g/mol. The second kappa shape index (κ2) is 12.1. The van der Waals surface area contributed by atoms with Gasteiger partial charge in [-0.2, -0.15) is 0 Å². The van der Waals surface area contributed by atoms with Crippen LogP contribution in [0.3, 0.4) is 0 Å². The zero-order valence-corrected chi connectivity index (χ0v) is 17.8. The Morgan fingerprint density at radius 3 is 2.45 bits per heavy atom. The van der Waals surface area contributed by atoms with Crippen molar-refractivity contribution in [2.75, 3.05) is 19.0 Å². The summed E-state index contributed by atoms with van der Waals surface area (Å²) in [4.78, 5) is 24.6. The van der Waals surface area contributed by atoms with Crippen LogP contribution in [-0.2, 0) is 4.79 Å². The van der Waals surface area contributed by atoms with Crippen molar-refractivity contribution < 1.29 is 19.1 Å². The Balaban J connectivity index is 1.79. The molecule has 0 heterocycles. The minimum atomic E-state index is -0.229. The lowest BCUT2D eigenvalue weighted by atomic mass is 10.1. The number of halogens is 1. The van der Waals surface area contributed by atoms with Crippen LogP contribution in [0.25, 0.3) is 0 Å². The summed E-state index contributed by atoms with van der Waals surface area (Å²) in [6.45, 7) is 2.87. The molecule has 0 spiro atoms. The molecule has 0 saturated carbocycles. The van der Waals surface area contributed by atoms with E-state index >= 15 is 0 Å². The van der Waals surface area contributed by atoms with Gasteiger partial charge in [-0.1, -0.05) is 37.8 Å². The smallest absolute Gasteiger partial charge is 0.224 e. The third kappa shape index (κ3) is 7.78. The monoisotopic (exact) mass is 417 g/mol. The summed E-state index contributed by atoms with van der Waals surface area (Å²) >= 11 is 5.96. The van der Waals surface area contributed by atoms with Crippen LogP contribution in [0.15, 0.2) is 42.5 Å². The first-order valence-corrected chi connectivity index (χ1v) is 10.3. The SMILES string of the molecule is CCCCCCOc1ccc(NC(=O)CCC(=O)c2cc(Cl)ccc2OC)cc1. The number of nitrogens with one attached hydrogen (secondary N) is 1. The normalized spacial score (nSPS) is 10.4. The molecule has 5 nitrogen and oxygen atoms in total. The van der Waals surface area contributed by atoms with Crippen LogP contribution < -0.4 is 14.8 Å². The van der Waals surface area contributed by atoms with Gasteiger partial charge in [0.05, 0.1) is 19.3 Å². The number of carbonyl (C=O) groups excluding carboxylic acids is 2. The molecule has 0 bridgehead atoms. The minimum Gasteiger partial charge on any atom is -0.496 e. The van der Waals surface area contributed by atoms with Crippen molar-refractivity contribution in [1.29, 1.82) is 0 Å². The number of Topliss-reactive ketones (excluding diaryl/α,β-unsaturated/α-hetero) is 1. The highest BCUT2D eigenvalue weighted by Crippen LogP contribution is 2.24. The first kappa shape index (κ1) is 22.8. The predicted molar refractivity (Wildman–Crippen MR) is 116 cm³/mol. The van der Waals surface area contributed by atoms with Gasteiger partial charge in [-0.3, -0.25) is 9.59 Å². The van der Waals surface area contributed by atoms with Crippen molar-refractivity contribution in [2.24, 2.45) is 0 Å². The summed E-state index contributed by atoms with van der Waals surface area (Å²) in [5.41, 5.74) is 1.05. The van der Waals surface area contributed by atoms with Crippen LogP contribution in [-0.4, -0.2) is 25.4 Å². The molecule has 2 aromatic carbocycles. The molecule has 2 rings (SSSR count). The molecule has 156 valence electrons. The maximum absolute atomic E-state index is 12.4. The summed E-state index contributed by atoms with van der Waals surface area (Å²) in [5.74, 6) is 0.812. The summed E-state index contributed by atoms with van der Waals surface area (Å²) < 4.78 is 10.9. The molecule has 0 radical (unpaired) electrons. The number of carbonyl (C=O) groups is 2. The number of hydrogen-bond donors (Lipinski definition) is 1. The molecule has 0 aliphatic carbocycles. The van der Waals surface area contributed by atoms with Gasteiger partial charge in [-0.15, -0.1) is 0 Å². The maximum atomic E-state index is 12.4. The molecule has 0 saturated heterocycles. The maximum Gasteiger partial charge on any atom is 0.224 e. The van der Waals surface area contributed by atoms with Crippen LogP contribution in [0.4, 0.5) is 5.69 Å². The lowest BCUT2D eigenvalue weighted by molar-refractivity contribution is -0.116. The molecule has 6 heteroatoms. The van der Waals surface area contributed by atoms with E-state index in [9.17, 15) is 9.59 Å². The topological polar surface area (TPSA) is 64.6 Å². The lowest BCUT2D eigenvalue weighted by Crippen LogP contribution is -2.14. The molecule has 2 aromatic rings. The van der Waals surface area contributed by atoms with E-state index in [2.05, 4.69) is 12.2 Å². The zero-order valence-electron chi connectivity index (χ0n) is 17.0. The molecule has 0 unspecified atom stereocenters. The highest BCUT2D eigenvalue weighted by molar-refractivity contribution is 6.31. The van der Waals surface area contributed by atoms with E-state index in [4.69, 9.17) is 21.1 Å². The predicted octanol–water partition coefficient (Wildman–Crippen LogP) is 5.91. The molecule has 0 aliphatic rings. The molecule has 0 aromatic heterocycles. The number of ketones is 1. The Morgan fingerprint density at radius 2 is 1.76 bits per heavy atom. The van der Waals surface area contributed by atoms with Crippen molar-refractivity contribution in [3.63, 3.8) is 0 Å². The number of anilines is 1. The van der Waals surface area contributed by atoms with Gasteiger partial charge in [-0.05, 0) is 48.9 Å². The van der Waals surface area contributed by atoms with Crippen molar-refractivity contribution in [3.8, 4) is 11.5 Å². The summed E-state index contributed by atoms with van der Waals surface area (Å²) in [6, 6.07) is 12.1. The van der Waals surface area contributed by atoms with Gasteiger partial charge in [0.15, 0.2) is 5.78 Å². The van der Waals surface area contributed by atoms with Crippen LogP contribution in [0.5, 0.6) is 11.5 Å². The fourth-order valence-electron chi connectivity index (χ4n) is 2.84. The second-order valence-electron chi connectivity index (χ2n) is 6.75. The number of benzene rings is 2. The van der Waals surface area contributed by atoms with Gasteiger partial charge >= 0.3 is 0 Å². The lowest BCUT2D eigenvalue weighted by Gasteiger charge is -2.09. The van der Waals surface area contributed by atoms with E-state index in [0.717, 1.165) is 12.2 Å². The van der Waals surface area contributed by atoms with E-state index in [1.165, 1.54) is 26.4 Å². The Morgan fingerprint density at radius 1 is 1.00 bits per heavy atom. The molecule has 0 atom stereocenters. The third-order valence-electron chi connectivity index (χ3n) is 4.45. The van der Waals surface area contributed by atoms with Gasteiger partial charge in [0, 0.05) is 23.6 Å². The Kier molecular flexibility index (Phi) is 9.51. The minimum absolute atomic E-state index is 0.0709. The Bertz CT molecular complexity index is 805. The number of amides is 1. The second-order valence-corrected chi connectivity index (χ2v) is 7.19. The highest BCUT2D eigenvalue weighted by atomic mass is 35.5. The fourth-order valence-corrected chi connectivity index (χ4v) is 3.01. The summed E-state index contributed by atoms with van der Waals surface area (Å²) in [5, 5.41) is 3.25. The van der Waals surface area contributed by atoms with Crippen LogP contribution in [0.1, 0.15) is 55.8 Å². The molecular weight excluding hydrogens is 390 g/mol. The van der Waals surface area contributed by atoms with Crippen molar-refractivity contribution in [2.45, 2.75) is 45.4 Å². The first-order chi connectivity index (χ1) is 14.0. The number of hydrogen-bond acceptors (Lipinski definition) is 4.